The molecule has 1 aromatic rings. The van der Waals surface area contributed by atoms with Crippen molar-refractivity contribution in [1.82, 2.24) is 4.90 Å². The topological polar surface area (TPSA) is 50.8 Å². The number of methoxy groups -OCH3 is 2. The molecule has 1 aliphatic carbocycles. The average molecular weight is 306 g/mol. The minimum Gasteiger partial charge on any atom is -0.497 e. The zero-order valence-electron chi connectivity index (χ0n) is 13.7. The molecule has 1 fully saturated rings. The normalized spacial score (nSPS) is 14.0. The number of nitrogens with one attached hydrogen (secondary N) is 1. The lowest BCUT2D eigenvalue weighted by Crippen LogP contribution is -2.35. The van der Waals surface area contributed by atoms with E-state index in [-0.39, 0.29) is 5.91 Å². The van der Waals surface area contributed by atoms with Gasteiger partial charge in [0.2, 0.25) is 5.91 Å². The maximum atomic E-state index is 12.3. The molecule has 0 radical (unpaired) electrons. The van der Waals surface area contributed by atoms with E-state index in [1.807, 2.05) is 6.07 Å². The number of hydrogen-bond donors (Lipinski definition) is 1. The molecule has 1 aromatic carbocycles. The Morgan fingerprint density at radius 1 is 1.32 bits per heavy atom. The van der Waals surface area contributed by atoms with Crippen molar-refractivity contribution in [3.8, 4) is 11.5 Å². The van der Waals surface area contributed by atoms with Crippen molar-refractivity contribution in [2.75, 3.05) is 39.2 Å². The van der Waals surface area contributed by atoms with Crippen LogP contribution in [0.3, 0.4) is 0 Å². The lowest BCUT2D eigenvalue weighted by atomic mass is 10.2. The van der Waals surface area contributed by atoms with Gasteiger partial charge < -0.3 is 14.8 Å². The highest BCUT2D eigenvalue weighted by molar-refractivity contribution is 5.93. The van der Waals surface area contributed by atoms with E-state index in [1.54, 1.807) is 26.4 Å². The van der Waals surface area contributed by atoms with Crippen LogP contribution in [0, 0.1) is 5.92 Å². The molecule has 5 nitrogen and oxygen atoms in total. The van der Waals surface area contributed by atoms with Crippen LogP contribution < -0.4 is 14.8 Å². The van der Waals surface area contributed by atoms with Gasteiger partial charge >= 0.3 is 0 Å². The Labute approximate surface area is 132 Å². The molecule has 1 N–H and O–H groups in total. The van der Waals surface area contributed by atoms with Gasteiger partial charge in [-0.15, -0.1) is 0 Å². The van der Waals surface area contributed by atoms with E-state index < -0.39 is 0 Å². The standard InChI is InChI=1S/C17H26N2O3/c1-4-9-19(11-13-5-6-13)12-17(20)18-15-8-7-14(21-2)10-16(15)22-3/h7-8,10,13H,4-6,9,11-12H2,1-3H3,(H,18,20). The molecule has 22 heavy (non-hydrogen) atoms. The maximum Gasteiger partial charge on any atom is 0.238 e. The largest absolute Gasteiger partial charge is 0.497 e. The first-order chi connectivity index (χ1) is 10.7. The summed E-state index contributed by atoms with van der Waals surface area (Å²) in [5.74, 6) is 2.10. The molecule has 5 heteroatoms. The second-order valence-electron chi connectivity index (χ2n) is 5.79. The fraction of sp³-hybridized carbons (Fsp3) is 0.588. The molecule has 122 valence electrons. The third kappa shape index (κ3) is 4.91. The van der Waals surface area contributed by atoms with Gasteiger partial charge in [0.1, 0.15) is 11.5 Å². The van der Waals surface area contributed by atoms with E-state index in [0.29, 0.717) is 23.7 Å². The number of ether oxygens (including phenoxy) is 2. The molecule has 2 rings (SSSR count). The Morgan fingerprint density at radius 2 is 2.09 bits per heavy atom. The number of carbonyl (C=O) groups is 1. The first kappa shape index (κ1) is 16.6. The van der Waals surface area contributed by atoms with Gasteiger partial charge in [0.25, 0.3) is 0 Å². The zero-order valence-corrected chi connectivity index (χ0v) is 13.7. The Balaban J connectivity index is 1.94. The van der Waals surface area contributed by atoms with E-state index in [1.165, 1.54) is 12.8 Å². The van der Waals surface area contributed by atoms with Gasteiger partial charge in [-0.25, -0.2) is 0 Å². The molecule has 0 unspecified atom stereocenters. The van der Waals surface area contributed by atoms with Crippen molar-refractivity contribution >= 4 is 11.6 Å². The van der Waals surface area contributed by atoms with Crippen molar-refractivity contribution < 1.29 is 14.3 Å². The molecule has 1 saturated carbocycles. The van der Waals surface area contributed by atoms with Crippen molar-refractivity contribution in [3.05, 3.63) is 18.2 Å². The van der Waals surface area contributed by atoms with Crippen LogP contribution in [0.25, 0.3) is 0 Å². The summed E-state index contributed by atoms with van der Waals surface area (Å²) in [6.45, 7) is 4.56. The van der Waals surface area contributed by atoms with E-state index in [9.17, 15) is 4.79 Å². The summed E-state index contributed by atoms with van der Waals surface area (Å²) >= 11 is 0. The van der Waals surface area contributed by atoms with Crippen LogP contribution in [0.4, 0.5) is 5.69 Å². The number of amides is 1. The average Bonchev–Trinajstić information content (AvgIpc) is 3.31. The van der Waals surface area contributed by atoms with Gasteiger partial charge in [0, 0.05) is 12.6 Å². The van der Waals surface area contributed by atoms with Crippen molar-refractivity contribution in [1.29, 1.82) is 0 Å². The fourth-order valence-corrected chi connectivity index (χ4v) is 2.51. The number of anilines is 1. The summed E-state index contributed by atoms with van der Waals surface area (Å²) in [5.41, 5.74) is 0.677. The second-order valence-corrected chi connectivity index (χ2v) is 5.79. The van der Waals surface area contributed by atoms with Gasteiger partial charge in [-0.05, 0) is 43.9 Å². The van der Waals surface area contributed by atoms with Crippen molar-refractivity contribution in [3.63, 3.8) is 0 Å². The molecule has 0 spiro atoms. The minimum absolute atomic E-state index is 0.00225. The Bertz CT molecular complexity index is 501. The summed E-state index contributed by atoms with van der Waals surface area (Å²) in [6.07, 6.45) is 3.66. The lowest BCUT2D eigenvalue weighted by molar-refractivity contribution is -0.117. The number of nitrogens with zero attached hydrogens (tertiary/aromatic N) is 1. The summed E-state index contributed by atoms with van der Waals surface area (Å²) in [5, 5.41) is 2.93. The molecule has 1 aliphatic rings. The Morgan fingerprint density at radius 3 is 2.68 bits per heavy atom. The third-order valence-corrected chi connectivity index (χ3v) is 3.80. The molecule has 0 atom stereocenters. The van der Waals surface area contributed by atoms with Gasteiger partial charge in [0.15, 0.2) is 0 Å². The van der Waals surface area contributed by atoms with E-state index in [2.05, 4.69) is 17.1 Å². The molecular formula is C17H26N2O3. The van der Waals surface area contributed by atoms with Crippen molar-refractivity contribution in [2.45, 2.75) is 26.2 Å². The van der Waals surface area contributed by atoms with Gasteiger partial charge in [-0.3, -0.25) is 9.69 Å². The van der Waals surface area contributed by atoms with Crippen LogP contribution >= 0.6 is 0 Å². The Hall–Kier alpha value is -1.75. The molecule has 0 aliphatic heterocycles. The summed E-state index contributed by atoms with van der Waals surface area (Å²) in [6, 6.07) is 5.39. The van der Waals surface area contributed by atoms with E-state index in [4.69, 9.17) is 9.47 Å². The number of benzene rings is 1. The maximum absolute atomic E-state index is 12.3. The van der Waals surface area contributed by atoms with Crippen LogP contribution in [0.5, 0.6) is 11.5 Å². The quantitative estimate of drug-likeness (QED) is 0.762. The predicted molar refractivity (Wildman–Crippen MR) is 87.6 cm³/mol. The highest BCUT2D eigenvalue weighted by Gasteiger charge is 2.25. The molecule has 0 heterocycles. The van der Waals surface area contributed by atoms with E-state index >= 15 is 0 Å². The fourth-order valence-electron chi connectivity index (χ4n) is 2.51. The molecule has 0 aromatic heterocycles. The number of hydrogen-bond acceptors (Lipinski definition) is 4. The molecule has 0 saturated heterocycles. The Kier molecular flexibility index (Phi) is 6.07. The number of rotatable bonds is 9. The first-order valence-electron chi connectivity index (χ1n) is 7.90. The summed E-state index contributed by atoms with van der Waals surface area (Å²) in [7, 11) is 3.19. The third-order valence-electron chi connectivity index (χ3n) is 3.80. The number of carbonyl (C=O) groups excluding carboxylic acids is 1. The van der Waals surface area contributed by atoms with Gasteiger partial charge in [-0.2, -0.15) is 0 Å². The van der Waals surface area contributed by atoms with Crippen LogP contribution in [0.1, 0.15) is 26.2 Å². The molecular weight excluding hydrogens is 280 g/mol. The first-order valence-corrected chi connectivity index (χ1v) is 7.90. The smallest absolute Gasteiger partial charge is 0.238 e. The molecule has 0 bridgehead atoms. The summed E-state index contributed by atoms with van der Waals surface area (Å²) < 4.78 is 10.5. The summed E-state index contributed by atoms with van der Waals surface area (Å²) in [4.78, 5) is 14.5. The van der Waals surface area contributed by atoms with Crippen LogP contribution in [0.15, 0.2) is 18.2 Å². The highest BCUT2D eigenvalue weighted by atomic mass is 16.5. The zero-order chi connectivity index (χ0) is 15.9. The molecule has 1 amide bonds. The lowest BCUT2D eigenvalue weighted by Gasteiger charge is -2.21. The van der Waals surface area contributed by atoms with Crippen LogP contribution in [-0.4, -0.2) is 44.7 Å². The van der Waals surface area contributed by atoms with Crippen molar-refractivity contribution in [2.24, 2.45) is 5.92 Å². The highest BCUT2D eigenvalue weighted by Crippen LogP contribution is 2.30. The predicted octanol–water partition coefficient (Wildman–Crippen LogP) is 2.76. The van der Waals surface area contributed by atoms with Crippen LogP contribution in [0.2, 0.25) is 0 Å². The van der Waals surface area contributed by atoms with Gasteiger partial charge in [0.05, 0.1) is 26.5 Å². The SMILES string of the molecule is CCCN(CC(=O)Nc1ccc(OC)cc1OC)CC1CC1. The monoisotopic (exact) mass is 306 g/mol. The van der Waals surface area contributed by atoms with E-state index in [0.717, 1.165) is 25.4 Å². The minimum atomic E-state index is -0.00225. The van der Waals surface area contributed by atoms with Gasteiger partial charge in [-0.1, -0.05) is 6.92 Å². The second kappa shape index (κ2) is 8.03. The van der Waals surface area contributed by atoms with Crippen LogP contribution in [-0.2, 0) is 4.79 Å².